The number of esters is 2. The number of aryl methyl sites for hydroxylation is 2. The van der Waals surface area contributed by atoms with Crippen molar-refractivity contribution in [3.63, 3.8) is 0 Å². The van der Waals surface area contributed by atoms with E-state index in [9.17, 15) is 19.8 Å². The summed E-state index contributed by atoms with van der Waals surface area (Å²) in [7, 11) is -5.33. The molecule has 2 N–H and O–H groups in total. The largest absolute Gasteiger partial charge is 1.00 e. The molecule has 0 bridgehead atoms. The molecule has 4 aromatic heterocycles. The molecule has 150 heavy (non-hydrogen) atoms. The van der Waals surface area contributed by atoms with Gasteiger partial charge in [-0.1, -0.05) is 160 Å². The molecule has 5 aliphatic heterocycles. The van der Waals surface area contributed by atoms with E-state index >= 15 is 0 Å². The van der Waals surface area contributed by atoms with Gasteiger partial charge in [0, 0.05) is 46.6 Å². The molecule has 2 unspecified atom stereocenters. The third-order valence-electron chi connectivity index (χ3n) is 24.8. The van der Waals surface area contributed by atoms with Gasteiger partial charge in [-0.15, -0.1) is 53.4 Å². The number of aliphatic hydroxyl groups is 2. The van der Waals surface area contributed by atoms with Gasteiger partial charge in [0.05, 0.1) is 102 Å². The number of benzene rings is 4. The molecule has 5 saturated heterocycles. The average Bonchev–Trinajstić information content (AvgIpc) is 1.71. The monoisotopic (exact) mass is 2470 g/mol. The molecule has 0 spiro atoms. The number of carbonyl (C=O) groups excluding carboxylic acids is 2. The molecule has 0 radical (unpaired) electrons. The number of rotatable bonds is 31. The maximum absolute atomic E-state index is 12.3. The first-order valence-electron chi connectivity index (χ1n) is 52.7. The van der Waals surface area contributed by atoms with E-state index in [1.54, 1.807) is 51.1 Å². The molecular weight excluding hydrogens is 2290 g/mol. The summed E-state index contributed by atoms with van der Waals surface area (Å²) in [6, 6.07) is 40.8. The molecule has 0 amide bonds. The first kappa shape index (κ1) is 142. The van der Waals surface area contributed by atoms with Gasteiger partial charge in [-0.3, -0.25) is 9.59 Å². The van der Waals surface area contributed by atoms with Crippen molar-refractivity contribution in [3.05, 3.63) is 214 Å². The third kappa shape index (κ3) is 48.3. The van der Waals surface area contributed by atoms with Crippen LogP contribution in [0.2, 0.25) is 146 Å². The standard InChI is InChI=1S/C27H44O5SSi2.C26H41ClO5SSi2.C13H13IOS.C12H10BrClOS.2C12H24O3Si.C4H8O.C4H11Si.C4H9.2Li/c1-11-23-18(2)25(31-34(5,6)7)26(32-35(8,9)10)27(28,30-23)24-17-21(19(3)33-24)16-20-12-14-22(29-4)15-13-20;1-10-21-17(2)23(31-34(4,5)6)24(32-35(7,8)9)26(28,30-21)22-16-19(25(27)33-22)15-18-11-13-20(29-3)14-12-18;1-9-11(8-13(14)16-9)7-10-3-5-12(15-2)6-4-10;1-15-10-4-2-8(3-5-10)6-9-7-11(13)16-12(9)14;2*1-7-10-8(2)11(15-16(4,5)6)9(3)12(13)14-10;1-2-4-5-3-1;1-5(2,3)4;1-3-4-2;;/h12-15,17-18,23,25-26,28H,11,16H2,1-10H3;11-14,16-17,21,23-24,28H,10,15H2,1-9H3;3-6,8H,7H2,1-2H3;2-5,7H,6H2,1H3;2*8-11H,7H2,1-6H3;1-4H2;1H2,2-4H3;1,3-4H2,2H3;;/q;;;;;;;2*-1;2*+1/t18-,23-,25+,26-,27?;17-,21-,23+,24-,26?;;;2*8-,9-,10-,11+;;;;;/m11..11...../s1. The normalized spacial score (nSPS) is 24.3. The zero-order chi connectivity index (χ0) is 112. The van der Waals surface area contributed by atoms with Crippen molar-refractivity contribution in [2.45, 2.75) is 377 Å². The maximum atomic E-state index is 12.3. The van der Waals surface area contributed by atoms with Gasteiger partial charge in [0.15, 0.2) is 49.9 Å². The van der Waals surface area contributed by atoms with Crippen LogP contribution in [-0.2, 0) is 97.1 Å². The quantitative estimate of drug-likeness (QED) is 0.0179. The van der Waals surface area contributed by atoms with Crippen molar-refractivity contribution in [1.29, 1.82) is 0 Å². The fraction of sp³-hybridized carbons (Fsp3) is 0.614. The average molecular weight is 2480 g/mol. The van der Waals surface area contributed by atoms with E-state index in [1.165, 1.54) is 71.1 Å². The molecule has 8 aromatic rings. The van der Waals surface area contributed by atoms with Gasteiger partial charge in [0.1, 0.15) is 47.4 Å². The second kappa shape index (κ2) is 65.2. The van der Waals surface area contributed by atoms with Crippen LogP contribution in [-0.4, -0.2) is 183 Å². The molecule has 5 fully saturated rings. The number of hydrogen-bond acceptors (Lipinski definition) is 23. The number of cyclic esters (lactones) is 2. The van der Waals surface area contributed by atoms with Gasteiger partial charge in [-0.2, -0.15) is 6.42 Å². The summed E-state index contributed by atoms with van der Waals surface area (Å²) in [5.41, 5.74) is 9.60. The zero-order valence-corrected chi connectivity index (χ0v) is 114. The van der Waals surface area contributed by atoms with Gasteiger partial charge >= 0.3 is 49.7 Å². The van der Waals surface area contributed by atoms with Crippen molar-refractivity contribution < 1.29 is 127 Å². The topological polar surface area (TPSA) is 213 Å². The van der Waals surface area contributed by atoms with E-state index in [0.717, 1.165) is 117 Å². The first-order chi connectivity index (χ1) is 68.6. The van der Waals surface area contributed by atoms with Crippen LogP contribution in [0, 0.1) is 65.7 Å². The Morgan fingerprint density at radius 2 is 0.667 bits per heavy atom. The summed E-state index contributed by atoms with van der Waals surface area (Å²) < 4.78 is 92.7. The zero-order valence-electron chi connectivity index (χ0n) is 98.6. The van der Waals surface area contributed by atoms with Crippen molar-refractivity contribution in [2.24, 2.45) is 35.5 Å². The number of carbonyl (C=O) groups is 2. The van der Waals surface area contributed by atoms with E-state index in [0.29, 0.717) is 27.5 Å². The van der Waals surface area contributed by atoms with E-state index in [4.69, 9.17) is 92.4 Å². The maximum Gasteiger partial charge on any atom is 1.00 e. The van der Waals surface area contributed by atoms with Crippen molar-refractivity contribution in [3.8, 4) is 23.0 Å². The van der Waals surface area contributed by atoms with E-state index in [2.05, 4.69) is 320 Å². The third-order valence-corrected chi connectivity index (χ3v) is 37.2. The fourth-order valence-electron chi connectivity index (χ4n) is 17.3. The summed E-state index contributed by atoms with van der Waals surface area (Å²) in [6.07, 6.45) is 9.53. The van der Waals surface area contributed by atoms with Gasteiger partial charge < -0.3 is 92.9 Å². The number of unbranched alkanes of at least 4 members (excludes halogenated alkanes) is 1. The van der Waals surface area contributed by atoms with Crippen molar-refractivity contribution in [1.82, 2.24) is 0 Å². The van der Waals surface area contributed by atoms with Crippen LogP contribution < -0.4 is 56.7 Å². The van der Waals surface area contributed by atoms with Gasteiger partial charge in [0.2, 0.25) is 11.6 Å². The van der Waals surface area contributed by atoms with Crippen molar-refractivity contribution >= 4 is 177 Å². The molecule has 0 aliphatic carbocycles. The predicted molar refractivity (Wildman–Crippen MR) is 652 cm³/mol. The summed E-state index contributed by atoms with van der Waals surface area (Å²) >= 11 is 25.0. The van der Waals surface area contributed by atoms with Gasteiger partial charge in [0.25, 0.3) is 0 Å². The molecule has 836 valence electrons. The summed E-state index contributed by atoms with van der Waals surface area (Å²) in [4.78, 5) is 27.5. The molecule has 4 aromatic carbocycles. The minimum atomic E-state index is -2.07. The van der Waals surface area contributed by atoms with Crippen LogP contribution in [0.5, 0.6) is 23.0 Å². The molecule has 5 aliphatic rings. The second-order valence-corrected chi connectivity index (χ2v) is 87.3. The number of thiophene rings is 4. The smallest absolute Gasteiger partial charge is 0.497 e. The molecule has 9 heterocycles. The fourth-order valence-corrected chi connectivity index (χ4v) is 30.8. The first-order valence-corrected chi connectivity index (χ1v) is 82.8. The van der Waals surface area contributed by atoms with Crippen molar-refractivity contribution in [2.75, 3.05) is 41.7 Å². The molecule has 36 heteroatoms. The minimum Gasteiger partial charge on any atom is -0.497 e. The molecule has 19 nitrogen and oxygen atoms in total. The Morgan fingerprint density at radius 3 is 0.920 bits per heavy atom. The number of halogens is 4. The number of methoxy groups -OCH3 is 4. The minimum absolute atomic E-state index is 0. The second-order valence-electron chi connectivity index (χ2n) is 46.3. The van der Waals surface area contributed by atoms with Crippen LogP contribution in [0.15, 0.2) is 125 Å². The van der Waals surface area contributed by atoms with Crippen LogP contribution in [0.1, 0.15) is 192 Å². The Kier molecular flexibility index (Phi) is 61.8. The summed E-state index contributed by atoms with van der Waals surface area (Å²) in [6.45, 7) is 82.2. The Balaban J connectivity index is 0.000000463. The Labute approximate surface area is 985 Å². The Hall–Kier alpha value is -2.12. The van der Waals surface area contributed by atoms with Crippen LogP contribution in [0.4, 0.5) is 0 Å². The molecule has 13 rings (SSSR count). The molecular formula is C114H184BrCl2ILi2O19S4Si7. The molecule has 0 saturated carbocycles. The van der Waals surface area contributed by atoms with Gasteiger partial charge in [-0.25, -0.2) is 0 Å². The summed E-state index contributed by atoms with van der Waals surface area (Å²) in [5.74, 6) is 0.591. The Bertz CT molecular complexity index is 4890. The van der Waals surface area contributed by atoms with E-state index < -0.39 is 81.8 Å². The number of ether oxygens (including phenoxy) is 9. The van der Waals surface area contributed by atoms with Gasteiger partial charge in [-0.05, 0) is 366 Å². The SMILES string of the molecule is C1CCOC1.CC[C@H]1OC(=O)[C@H](C)[C@@H](O[Si](C)(C)C)[C@@H]1C.CC[C@H]1OC(=O)[C@H](C)[C@@H](O[Si](C)(C)C)[C@@H]1C.CC[C@H]1OC(O)(c2cc(Cc3ccc(OC)cc3)c(C)s2)[C@H](O[Si](C)(C)C)[C@@H](O[Si](C)(C)C)[C@@H]1C.CC[C@H]1OC(O)(c2cc(Cc3ccc(OC)cc3)c(Cl)s2)[C@H](O[Si](C)(C)C)[C@@H](O[Si](C)(C)C)[C@@H]1C.COc1ccc(Cc2cc(Br)sc2Cl)cc1.COc1ccc(Cc2cc(I)sc2C)cc1.[CH2-]CCC.[CH2-][Si](C)(C)C.[Li+].[Li+]. The van der Waals surface area contributed by atoms with Crippen LogP contribution >= 0.6 is 107 Å². The molecule has 18 atom stereocenters. The summed E-state index contributed by atoms with van der Waals surface area (Å²) in [5, 5.41) is 24.6. The predicted octanol–water partition coefficient (Wildman–Crippen LogP) is 26.5. The van der Waals surface area contributed by atoms with Crippen LogP contribution in [0.3, 0.4) is 0 Å². The van der Waals surface area contributed by atoms with Crippen LogP contribution in [0.25, 0.3) is 0 Å². The number of hydrogen-bond donors (Lipinski definition) is 2. The van der Waals surface area contributed by atoms with E-state index in [1.807, 2.05) is 91.9 Å². The van der Waals surface area contributed by atoms with E-state index in [-0.39, 0.29) is 122 Å². The Morgan fingerprint density at radius 1 is 0.407 bits per heavy atom.